The van der Waals surface area contributed by atoms with Gasteiger partial charge in [0.15, 0.2) is 0 Å². The number of halogens is 1. The summed E-state index contributed by atoms with van der Waals surface area (Å²) >= 11 is 0.847. The predicted molar refractivity (Wildman–Crippen MR) is 37.4 cm³/mol. The molecular weight excluding hydrogens is 205 g/mol. The van der Waals surface area contributed by atoms with E-state index in [4.69, 9.17) is 14.4 Å². The van der Waals surface area contributed by atoms with Crippen molar-refractivity contribution >= 4 is 15.7 Å². The molecule has 2 nitrogen and oxygen atoms in total. The monoisotopic (exact) mass is 215 g/mol. The van der Waals surface area contributed by atoms with E-state index in [1.54, 1.807) is 0 Å². The molecule has 0 rings (SSSR count). The average Bonchev–Trinajstić information content (AvgIpc) is 1.64. The maximum atomic E-state index is 10.2. The Morgan fingerprint density at radius 2 is 1.70 bits per heavy atom. The van der Waals surface area contributed by atoms with Crippen molar-refractivity contribution in [1.29, 1.82) is 0 Å². The average molecular weight is 217 g/mol. The fraction of sp³-hybridized carbons (Fsp3) is 0.833. The van der Waals surface area contributed by atoms with Gasteiger partial charge in [0.2, 0.25) is 0 Å². The number of ether oxygens (including phenoxy) is 1. The van der Waals surface area contributed by atoms with Crippen LogP contribution in [0.1, 0.15) is 27.7 Å². The van der Waals surface area contributed by atoms with Crippen LogP contribution in [0.15, 0.2) is 0 Å². The third-order valence-corrected chi connectivity index (χ3v) is 0.450. The number of hydrogen-bond donors (Lipinski definition) is 0. The normalized spacial score (nSPS) is 9.50. The molecule has 0 N–H and O–H groups in total. The molecule has 0 aliphatic rings. The molecule has 56 valence electrons. The topological polar surface area (TPSA) is 26.3 Å². The van der Waals surface area contributed by atoms with Crippen LogP contribution in [-0.4, -0.2) is 11.6 Å². The van der Waals surface area contributed by atoms with E-state index in [2.05, 4.69) is 0 Å². The van der Waals surface area contributed by atoms with Crippen LogP contribution >= 0.6 is 9.69 Å². The van der Waals surface area contributed by atoms with Crippen LogP contribution in [0.5, 0.6) is 0 Å². The summed E-state index contributed by atoms with van der Waals surface area (Å²) in [6, 6.07) is 0. The van der Waals surface area contributed by atoms with E-state index in [-0.39, 0.29) is 11.6 Å². The number of carbonyl (C=O) groups is 1. The van der Waals surface area contributed by atoms with Crippen LogP contribution in [0.3, 0.4) is 0 Å². The van der Waals surface area contributed by atoms with E-state index < -0.39 is 0 Å². The zero-order valence-electron chi connectivity index (χ0n) is 6.90. The molecule has 0 aliphatic heterocycles. The van der Waals surface area contributed by atoms with Gasteiger partial charge in [0.05, 0.1) is 0 Å². The number of rotatable bonds is 0. The van der Waals surface area contributed by atoms with Gasteiger partial charge in [0, 0.05) is 6.92 Å². The molecule has 0 amide bonds. The van der Waals surface area contributed by atoms with Crippen molar-refractivity contribution in [2.24, 2.45) is 0 Å². The summed E-state index contributed by atoms with van der Waals surface area (Å²) in [5.74, 6) is -0.225. The Morgan fingerprint density at radius 1 is 1.40 bits per heavy atom. The molecular formula is C6H12ClO2Zn+. The van der Waals surface area contributed by atoms with Crippen LogP contribution in [0.4, 0.5) is 0 Å². The van der Waals surface area contributed by atoms with E-state index in [0.29, 0.717) is 0 Å². The Morgan fingerprint density at radius 3 is 1.70 bits per heavy atom. The minimum atomic E-state index is -0.328. The molecule has 0 atom stereocenters. The standard InChI is InChI=1S/C6H12O2.ClH.Zn/c1-5(7)8-6(2,3)4;;/h1-4H3;1H;/q;;+2/p-1. The number of carbonyl (C=O) groups excluding carboxylic acids is 1. The number of hydrogen-bond acceptors (Lipinski definition) is 2. The first-order chi connectivity index (χ1) is 4.42. The molecule has 0 fully saturated rings. The molecule has 0 aromatic heterocycles. The summed E-state index contributed by atoms with van der Waals surface area (Å²) in [6.07, 6.45) is 0. The van der Waals surface area contributed by atoms with Gasteiger partial charge in [0.1, 0.15) is 5.60 Å². The van der Waals surface area contributed by atoms with Gasteiger partial charge in [-0.3, -0.25) is 4.79 Å². The molecule has 0 spiro atoms. The van der Waals surface area contributed by atoms with Gasteiger partial charge in [-0.25, -0.2) is 0 Å². The SMILES string of the molecule is CC(=O)OC(C)(C)C.[Cl][Zn+]. The predicted octanol–water partition coefficient (Wildman–Crippen LogP) is 2.04. The van der Waals surface area contributed by atoms with Crippen molar-refractivity contribution in [2.45, 2.75) is 33.3 Å². The number of esters is 1. The summed E-state index contributed by atoms with van der Waals surface area (Å²) in [7, 11) is 4.76. The Balaban J connectivity index is 0. The van der Waals surface area contributed by atoms with Crippen molar-refractivity contribution < 1.29 is 26.8 Å². The Bertz CT molecular complexity index is 98.4. The van der Waals surface area contributed by atoms with Crippen molar-refractivity contribution in [2.75, 3.05) is 0 Å². The van der Waals surface area contributed by atoms with E-state index >= 15 is 0 Å². The molecule has 0 saturated carbocycles. The first kappa shape index (κ1) is 13.0. The Labute approximate surface area is 76.0 Å². The summed E-state index contributed by atoms with van der Waals surface area (Å²) in [6.45, 7) is 6.93. The second kappa shape index (κ2) is 6.12. The third-order valence-electron chi connectivity index (χ3n) is 0.450. The van der Waals surface area contributed by atoms with Crippen molar-refractivity contribution in [3.05, 3.63) is 0 Å². The molecule has 0 saturated heterocycles. The second-order valence-electron chi connectivity index (χ2n) is 2.71. The van der Waals surface area contributed by atoms with E-state index in [9.17, 15) is 4.79 Å². The first-order valence-electron chi connectivity index (χ1n) is 2.88. The summed E-state index contributed by atoms with van der Waals surface area (Å²) in [5, 5.41) is 0. The van der Waals surface area contributed by atoms with Gasteiger partial charge in [-0.1, -0.05) is 0 Å². The van der Waals surface area contributed by atoms with Gasteiger partial charge in [-0.2, -0.15) is 0 Å². The van der Waals surface area contributed by atoms with Crippen LogP contribution in [0.25, 0.3) is 0 Å². The van der Waals surface area contributed by atoms with Gasteiger partial charge >= 0.3 is 33.0 Å². The quantitative estimate of drug-likeness (QED) is 0.458. The molecule has 0 heterocycles. The minimum absolute atomic E-state index is 0.225. The molecule has 0 bridgehead atoms. The molecule has 0 aromatic rings. The van der Waals surface area contributed by atoms with Gasteiger partial charge in [0.25, 0.3) is 0 Å². The van der Waals surface area contributed by atoms with Crippen LogP contribution < -0.4 is 0 Å². The molecule has 0 radical (unpaired) electrons. The zero-order chi connectivity index (χ0) is 8.78. The van der Waals surface area contributed by atoms with Crippen molar-refractivity contribution in [1.82, 2.24) is 0 Å². The van der Waals surface area contributed by atoms with Gasteiger partial charge in [-0.05, 0) is 20.8 Å². The maximum absolute atomic E-state index is 10.2. The fourth-order valence-corrected chi connectivity index (χ4v) is 0.431. The first-order valence-corrected chi connectivity index (χ1v) is 6.78. The Kier molecular flexibility index (Phi) is 7.96. The Hall–Kier alpha value is 0.383. The zero-order valence-corrected chi connectivity index (χ0v) is 10.6. The third kappa shape index (κ3) is 15.8. The van der Waals surface area contributed by atoms with Crippen LogP contribution in [0, 0.1) is 0 Å². The van der Waals surface area contributed by atoms with Gasteiger partial charge < -0.3 is 4.74 Å². The second-order valence-corrected chi connectivity index (χ2v) is 2.71. The summed E-state index contributed by atoms with van der Waals surface area (Å²) < 4.78 is 4.80. The molecule has 0 unspecified atom stereocenters. The molecule has 10 heavy (non-hydrogen) atoms. The fourth-order valence-electron chi connectivity index (χ4n) is 0.431. The van der Waals surface area contributed by atoms with Crippen molar-refractivity contribution in [3.8, 4) is 0 Å². The summed E-state index contributed by atoms with van der Waals surface area (Å²) in [4.78, 5) is 10.2. The van der Waals surface area contributed by atoms with Crippen molar-refractivity contribution in [3.63, 3.8) is 0 Å². The molecule has 4 heteroatoms. The summed E-state index contributed by atoms with van der Waals surface area (Å²) in [5.41, 5.74) is -0.328. The van der Waals surface area contributed by atoms with Crippen LogP contribution in [0.2, 0.25) is 0 Å². The van der Waals surface area contributed by atoms with Crippen LogP contribution in [-0.2, 0) is 26.8 Å². The van der Waals surface area contributed by atoms with E-state index in [1.165, 1.54) is 6.92 Å². The molecule has 0 aliphatic carbocycles. The molecule has 0 aromatic carbocycles. The van der Waals surface area contributed by atoms with E-state index in [1.807, 2.05) is 20.8 Å². The van der Waals surface area contributed by atoms with Gasteiger partial charge in [-0.15, -0.1) is 0 Å². The van der Waals surface area contributed by atoms with E-state index in [0.717, 1.165) is 17.3 Å².